The van der Waals surface area contributed by atoms with Crippen molar-refractivity contribution in [1.82, 2.24) is 0 Å². The highest BCUT2D eigenvalue weighted by Gasteiger charge is 2.59. The van der Waals surface area contributed by atoms with E-state index in [1.54, 1.807) is 0 Å². The molecule has 122 valence electrons. The monoisotopic (exact) mass is 304 g/mol. The van der Waals surface area contributed by atoms with Crippen LogP contribution in [0.1, 0.15) is 65.2 Å². The van der Waals surface area contributed by atoms with Crippen LogP contribution in [0.4, 0.5) is 4.39 Å². The molecule has 0 amide bonds. The fourth-order valence-electron chi connectivity index (χ4n) is 6.93. The van der Waals surface area contributed by atoms with Gasteiger partial charge in [-0.3, -0.25) is 9.18 Å². The number of carbonyl (C=O) groups excluding carboxylic acids is 1. The molecule has 4 aliphatic rings. The molecule has 0 aliphatic heterocycles. The van der Waals surface area contributed by atoms with Crippen LogP contribution in [0.2, 0.25) is 0 Å². The van der Waals surface area contributed by atoms with E-state index in [-0.39, 0.29) is 17.5 Å². The highest BCUT2D eigenvalue weighted by Crippen LogP contribution is 2.66. The van der Waals surface area contributed by atoms with Crippen LogP contribution in [0.3, 0.4) is 0 Å². The van der Waals surface area contributed by atoms with Crippen LogP contribution >= 0.6 is 0 Å². The Balaban J connectivity index is 1.69. The molecule has 2 heteroatoms. The van der Waals surface area contributed by atoms with E-state index in [0.29, 0.717) is 29.5 Å². The van der Waals surface area contributed by atoms with E-state index in [9.17, 15) is 9.18 Å². The third kappa shape index (κ3) is 1.79. The van der Waals surface area contributed by atoms with Crippen LogP contribution in [0, 0.1) is 34.5 Å². The number of carbonyl (C=O) groups is 1. The Morgan fingerprint density at radius 3 is 2.73 bits per heavy atom. The van der Waals surface area contributed by atoms with Crippen molar-refractivity contribution in [3.63, 3.8) is 0 Å². The van der Waals surface area contributed by atoms with E-state index in [0.717, 1.165) is 25.7 Å². The van der Waals surface area contributed by atoms with Gasteiger partial charge in [0.25, 0.3) is 0 Å². The molecule has 3 fully saturated rings. The topological polar surface area (TPSA) is 17.1 Å². The molecular formula is C20H29FO. The third-order valence-electron chi connectivity index (χ3n) is 8.36. The molecule has 0 spiro atoms. The summed E-state index contributed by atoms with van der Waals surface area (Å²) in [6.07, 6.45) is 10.7. The first kappa shape index (κ1) is 14.9. The fourth-order valence-corrected chi connectivity index (χ4v) is 6.93. The summed E-state index contributed by atoms with van der Waals surface area (Å²) in [5.74, 6) is 2.87. The molecular weight excluding hydrogens is 275 g/mol. The molecule has 1 nitrogen and oxygen atoms in total. The second-order valence-electron chi connectivity index (χ2n) is 8.85. The maximum atomic E-state index is 14.1. The van der Waals surface area contributed by atoms with Gasteiger partial charge in [-0.1, -0.05) is 19.4 Å². The average molecular weight is 304 g/mol. The molecule has 0 aromatic heterocycles. The molecule has 4 aliphatic carbocycles. The summed E-state index contributed by atoms with van der Waals surface area (Å²) < 4.78 is 14.1. The lowest BCUT2D eigenvalue weighted by Gasteiger charge is -2.58. The van der Waals surface area contributed by atoms with Crippen molar-refractivity contribution in [3.05, 3.63) is 11.6 Å². The lowest BCUT2D eigenvalue weighted by molar-refractivity contribution is -0.117. The van der Waals surface area contributed by atoms with E-state index >= 15 is 0 Å². The Bertz CT molecular complexity index is 524. The highest BCUT2D eigenvalue weighted by atomic mass is 19.1. The molecule has 6 atom stereocenters. The molecule has 0 heterocycles. The van der Waals surface area contributed by atoms with Gasteiger partial charge >= 0.3 is 0 Å². The Kier molecular flexibility index (Phi) is 3.33. The van der Waals surface area contributed by atoms with Gasteiger partial charge in [-0.2, -0.15) is 0 Å². The summed E-state index contributed by atoms with van der Waals surface area (Å²) in [6, 6.07) is 0. The average Bonchev–Trinajstić information content (AvgIpc) is 2.86. The molecule has 0 N–H and O–H groups in total. The molecule has 3 saturated carbocycles. The van der Waals surface area contributed by atoms with Crippen LogP contribution in [-0.2, 0) is 4.79 Å². The standard InChI is InChI=1S/C20H29FO/c1-13-3-6-18-16-5-4-14-11-15(22)7-9-19(14,2)17(16)8-10-20(13,18)12-21/h11,13,16-18H,3-10,12H2,1-2H3/t13-,16-,17+,18+,19+,20+/m1/s1. The van der Waals surface area contributed by atoms with Crippen molar-refractivity contribution in [2.24, 2.45) is 34.5 Å². The smallest absolute Gasteiger partial charge is 0.155 e. The molecule has 0 radical (unpaired) electrons. The summed E-state index contributed by atoms with van der Waals surface area (Å²) in [4.78, 5) is 11.8. The minimum absolute atomic E-state index is 0.0107. The lowest BCUT2D eigenvalue weighted by Crippen LogP contribution is -2.51. The second kappa shape index (κ2) is 4.92. The first-order chi connectivity index (χ1) is 10.5. The van der Waals surface area contributed by atoms with Crippen molar-refractivity contribution >= 4 is 5.78 Å². The van der Waals surface area contributed by atoms with E-state index < -0.39 is 0 Å². The molecule has 22 heavy (non-hydrogen) atoms. The van der Waals surface area contributed by atoms with Gasteiger partial charge in [0.2, 0.25) is 0 Å². The highest BCUT2D eigenvalue weighted by molar-refractivity contribution is 5.91. The molecule has 4 rings (SSSR count). The number of ketones is 1. The van der Waals surface area contributed by atoms with Gasteiger partial charge in [0.1, 0.15) is 0 Å². The van der Waals surface area contributed by atoms with Crippen LogP contribution in [0.15, 0.2) is 11.6 Å². The number of rotatable bonds is 1. The number of halogens is 1. The van der Waals surface area contributed by atoms with E-state index in [4.69, 9.17) is 0 Å². The van der Waals surface area contributed by atoms with Crippen molar-refractivity contribution in [3.8, 4) is 0 Å². The molecule has 0 aromatic rings. The van der Waals surface area contributed by atoms with Crippen molar-refractivity contribution in [1.29, 1.82) is 0 Å². The summed E-state index contributed by atoms with van der Waals surface area (Å²) in [6.45, 7) is 4.58. The summed E-state index contributed by atoms with van der Waals surface area (Å²) in [5, 5.41) is 0. The first-order valence-corrected chi connectivity index (χ1v) is 9.31. The predicted octanol–water partition coefficient (Wildman–Crippen LogP) is 5.10. The Hall–Kier alpha value is -0.660. The molecule has 0 bridgehead atoms. The zero-order valence-electron chi connectivity index (χ0n) is 14.0. The number of hydrogen-bond donors (Lipinski definition) is 0. The minimum atomic E-state index is -0.111. The van der Waals surface area contributed by atoms with Gasteiger partial charge in [0.15, 0.2) is 5.78 Å². The number of alkyl halides is 1. The quantitative estimate of drug-likeness (QED) is 0.658. The second-order valence-corrected chi connectivity index (χ2v) is 8.85. The zero-order valence-corrected chi connectivity index (χ0v) is 14.0. The lowest BCUT2D eigenvalue weighted by atomic mass is 9.47. The van der Waals surface area contributed by atoms with Crippen molar-refractivity contribution in [2.45, 2.75) is 65.2 Å². The van der Waals surface area contributed by atoms with Gasteiger partial charge in [0, 0.05) is 11.8 Å². The van der Waals surface area contributed by atoms with Crippen LogP contribution in [-0.4, -0.2) is 12.5 Å². The zero-order chi connectivity index (χ0) is 15.5. The molecule has 0 unspecified atom stereocenters. The van der Waals surface area contributed by atoms with Crippen LogP contribution in [0.5, 0.6) is 0 Å². The fraction of sp³-hybridized carbons (Fsp3) is 0.850. The maximum Gasteiger partial charge on any atom is 0.155 e. The summed E-state index contributed by atoms with van der Waals surface area (Å²) in [5.41, 5.74) is 1.64. The Labute approximate surface area is 133 Å². The largest absolute Gasteiger partial charge is 0.295 e. The van der Waals surface area contributed by atoms with Gasteiger partial charge in [-0.15, -0.1) is 0 Å². The van der Waals surface area contributed by atoms with E-state index in [1.165, 1.54) is 31.3 Å². The third-order valence-corrected chi connectivity index (χ3v) is 8.36. The van der Waals surface area contributed by atoms with Gasteiger partial charge in [0.05, 0.1) is 6.67 Å². The van der Waals surface area contributed by atoms with Crippen molar-refractivity contribution in [2.75, 3.05) is 6.67 Å². The SMILES string of the molecule is C[C@@H]1CC[C@H]2[C@@H]3CCC4=CC(=O)CC[C@]4(C)[C@H]3CC[C@]12CF. The van der Waals surface area contributed by atoms with Crippen molar-refractivity contribution < 1.29 is 9.18 Å². The van der Waals surface area contributed by atoms with E-state index in [2.05, 4.69) is 13.8 Å². The number of hydrogen-bond acceptors (Lipinski definition) is 1. The van der Waals surface area contributed by atoms with E-state index in [1.807, 2.05) is 6.08 Å². The van der Waals surface area contributed by atoms with Gasteiger partial charge in [-0.05, 0) is 80.1 Å². The molecule has 0 aromatic carbocycles. The van der Waals surface area contributed by atoms with Gasteiger partial charge < -0.3 is 0 Å². The Morgan fingerprint density at radius 1 is 1.14 bits per heavy atom. The maximum absolute atomic E-state index is 14.1. The predicted molar refractivity (Wildman–Crippen MR) is 86.2 cm³/mol. The Morgan fingerprint density at radius 2 is 1.95 bits per heavy atom. The number of allylic oxidation sites excluding steroid dienone is 1. The van der Waals surface area contributed by atoms with Crippen LogP contribution in [0.25, 0.3) is 0 Å². The normalized spacial score (nSPS) is 50.9. The minimum Gasteiger partial charge on any atom is -0.295 e. The first-order valence-electron chi connectivity index (χ1n) is 9.31. The van der Waals surface area contributed by atoms with Crippen LogP contribution < -0.4 is 0 Å². The summed E-state index contributed by atoms with van der Waals surface area (Å²) in [7, 11) is 0. The summed E-state index contributed by atoms with van der Waals surface area (Å²) >= 11 is 0. The molecule has 0 saturated heterocycles. The number of fused-ring (bicyclic) bond motifs is 5. The van der Waals surface area contributed by atoms with Gasteiger partial charge in [-0.25, -0.2) is 0 Å².